The van der Waals surface area contributed by atoms with Crippen LogP contribution in [0.3, 0.4) is 0 Å². The molecule has 0 bridgehead atoms. The molecule has 0 fully saturated rings. The Morgan fingerprint density at radius 2 is 1.96 bits per heavy atom. The van der Waals surface area contributed by atoms with Gasteiger partial charge in [-0.3, -0.25) is 4.79 Å². The van der Waals surface area contributed by atoms with Gasteiger partial charge in [0.2, 0.25) is 0 Å². The Kier molecular flexibility index (Phi) is 4.81. The molecule has 122 valence electrons. The minimum atomic E-state index is -0.158. The van der Waals surface area contributed by atoms with Crippen LogP contribution >= 0.6 is 0 Å². The molecule has 3 rings (SSSR count). The van der Waals surface area contributed by atoms with Crippen molar-refractivity contribution in [3.05, 3.63) is 66.0 Å². The van der Waals surface area contributed by atoms with Crippen LogP contribution in [0.25, 0.3) is 5.69 Å². The Hall–Kier alpha value is -3.22. The van der Waals surface area contributed by atoms with Gasteiger partial charge in [0.1, 0.15) is 12.1 Å². The Morgan fingerprint density at radius 3 is 2.67 bits per heavy atom. The number of methoxy groups -OCH3 is 1. The summed E-state index contributed by atoms with van der Waals surface area (Å²) in [6.45, 7) is 0.537. The normalized spacial score (nSPS) is 10.4. The van der Waals surface area contributed by atoms with Gasteiger partial charge in [-0.15, -0.1) is 5.10 Å². The molecule has 1 N–H and O–H groups in total. The van der Waals surface area contributed by atoms with Gasteiger partial charge in [-0.05, 0) is 46.7 Å². The van der Waals surface area contributed by atoms with E-state index in [1.807, 2.05) is 36.4 Å². The van der Waals surface area contributed by atoms with E-state index in [1.54, 1.807) is 19.2 Å². The van der Waals surface area contributed by atoms with E-state index in [-0.39, 0.29) is 5.91 Å². The summed E-state index contributed by atoms with van der Waals surface area (Å²) in [5.41, 5.74) is 2.30. The zero-order valence-electron chi connectivity index (χ0n) is 13.2. The first-order valence-corrected chi connectivity index (χ1v) is 7.51. The highest BCUT2D eigenvalue weighted by atomic mass is 16.5. The number of rotatable bonds is 6. The van der Waals surface area contributed by atoms with Gasteiger partial charge in [0.15, 0.2) is 0 Å². The van der Waals surface area contributed by atoms with Gasteiger partial charge in [0, 0.05) is 6.54 Å². The number of hydrogen-bond donors (Lipinski definition) is 1. The van der Waals surface area contributed by atoms with Crippen LogP contribution in [-0.2, 0) is 6.42 Å². The highest BCUT2D eigenvalue weighted by Crippen LogP contribution is 2.13. The number of tetrazole rings is 1. The summed E-state index contributed by atoms with van der Waals surface area (Å²) in [7, 11) is 1.64. The number of amides is 1. The minimum Gasteiger partial charge on any atom is -0.497 e. The molecule has 0 saturated heterocycles. The van der Waals surface area contributed by atoms with E-state index in [2.05, 4.69) is 20.8 Å². The van der Waals surface area contributed by atoms with Gasteiger partial charge in [0.05, 0.1) is 18.4 Å². The predicted octanol–water partition coefficient (Wildman–Crippen LogP) is 1.64. The average molecular weight is 323 g/mol. The van der Waals surface area contributed by atoms with Crippen LogP contribution in [0, 0.1) is 0 Å². The molecule has 0 aliphatic rings. The number of para-hydroxylation sites is 1. The number of carbonyl (C=O) groups excluding carboxylic acids is 1. The lowest BCUT2D eigenvalue weighted by molar-refractivity contribution is 0.0954. The van der Waals surface area contributed by atoms with Gasteiger partial charge in [-0.1, -0.05) is 24.3 Å². The predicted molar refractivity (Wildman–Crippen MR) is 88.2 cm³/mol. The number of carbonyl (C=O) groups is 1. The first-order chi connectivity index (χ1) is 11.8. The number of nitrogens with zero attached hydrogens (tertiary/aromatic N) is 4. The third kappa shape index (κ3) is 3.57. The first-order valence-electron chi connectivity index (χ1n) is 7.51. The van der Waals surface area contributed by atoms with Crippen molar-refractivity contribution in [3.63, 3.8) is 0 Å². The maximum atomic E-state index is 12.4. The number of benzene rings is 2. The topological polar surface area (TPSA) is 81.9 Å². The van der Waals surface area contributed by atoms with Crippen LogP contribution in [0.2, 0.25) is 0 Å². The van der Waals surface area contributed by atoms with Crippen molar-refractivity contribution in [2.45, 2.75) is 6.42 Å². The van der Waals surface area contributed by atoms with Gasteiger partial charge in [-0.2, -0.15) is 4.68 Å². The molecule has 0 aliphatic heterocycles. The van der Waals surface area contributed by atoms with E-state index in [9.17, 15) is 4.79 Å². The monoisotopic (exact) mass is 323 g/mol. The molecule has 1 heterocycles. The highest BCUT2D eigenvalue weighted by Gasteiger charge is 2.12. The van der Waals surface area contributed by atoms with Gasteiger partial charge in [-0.25, -0.2) is 0 Å². The van der Waals surface area contributed by atoms with Crippen molar-refractivity contribution in [2.24, 2.45) is 0 Å². The van der Waals surface area contributed by atoms with Gasteiger partial charge in [0.25, 0.3) is 5.91 Å². The molecule has 0 spiro atoms. The molecule has 7 heteroatoms. The van der Waals surface area contributed by atoms with E-state index < -0.39 is 0 Å². The summed E-state index contributed by atoms with van der Waals surface area (Å²) < 4.78 is 6.60. The van der Waals surface area contributed by atoms with E-state index in [4.69, 9.17) is 4.74 Å². The fraction of sp³-hybridized carbons (Fsp3) is 0.176. The highest BCUT2D eigenvalue weighted by molar-refractivity contribution is 5.97. The molecule has 0 unspecified atom stereocenters. The van der Waals surface area contributed by atoms with Crippen LogP contribution in [0.1, 0.15) is 15.9 Å². The Balaban J connectivity index is 1.63. The lowest BCUT2D eigenvalue weighted by atomic mass is 10.1. The second-order valence-electron chi connectivity index (χ2n) is 5.13. The molecule has 3 aromatic rings. The molecule has 24 heavy (non-hydrogen) atoms. The number of nitrogens with one attached hydrogen (secondary N) is 1. The maximum absolute atomic E-state index is 12.4. The molecular formula is C17H17N5O2. The summed E-state index contributed by atoms with van der Waals surface area (Å²) in [5.74, 6) is 0.660. The summed E-state index contributed by atoms with van der Waals surface area (Å²) in [6.07, 6.45) is 2.20. The van der Waals surface area contributed by atoms with E-state index in [1.165, 1.54) is 11.0 Å². The lowest BCUT2D eigenvalue weighted by Crippen LogP contribution is -2.26. The zero-order valence-corrected chi connectivity index (χ0v) is 13.2. The van der Waals surface area contributed by atoms with Gasteiger partial charge < -0.3 is 10.1 Å². The molecule has 2 aromatic carbocycles. The largest absolute Gasteiger partial charge is 0.497 e. The van der Waals surface area contributed by atoms with E-state index in [0.29, 0.717) is 17.8 Å². The molecule has 1 amide bonds. The molecule has 1 aromatic heterocycles. The molecule has 7 nitrogen and oxygen atoms in total. The first kappa shape index (κ1) is 15.7. The Bertz CT molecular complexity index is 800. The number of aromatic nitrogens is 4. The smallest absolute Gasteiger partial charge is 0.253 e. The summed E-state index contributed by atoms with van der Waals surface area (Å²) >= 11 is 0. The quantitative estimate of drug-likeness (QED) is 0.746. The fourth-order valence-corrected chi connectivity index (χ4v) is 2.34. The maximum Gasteiger partial charge on any atom is 0.253 e. The Morgan fingerprint density at radius 1 is 1.17 bits per heavy atom. The zero-order chi connectivity index (χ0) is 16.8. The number of ether oxygens (including phenoxy) is 1. The van der Waals surface area contributed by atoms with Crippen molar-refractivity contribution in [2.75, 3.05) is 13.7 Å². The van der Waals surface area contributed by atoms with Crippen molar-refractivity contribution >= 4 is 5.91 Å². The SMILES string of the molecule is COc1ccc(CCNC(=O)c2ccccc2-n2cnnn2)cc1. The molecular weight excluding hydrogens is 306 g/mol. The number of hydrogen-bond acceptors (Lipinski definition) is 5. The average Bonchev–Trinajstić information content (AvgIpc) is 3.17. The van der Waals surface area contributed by atoms with Crippen LogP contribution in [0.5, 0.6) is 5.75 Å². The van der Waals surface area contributed by atoms with Crippen LogP contribution < -0.4 is 10.1 Å². The third-order valence-corrected chi connectivity index (χ3v) is 3.60. The van der Waals surface area contributed by atoms with Crippen LogP contribution in [-0.4, -0.2) is 39.8 Å². The molecule has 0 radical (unpaired) electrons. The second-order valence-corrected chi connectivity index (χ2v) is 5.13. The standard InChI is InChI=1S/C17H17N5O2/c1-24-14-8-6-13(7-9-14)10-11-18-17(23)15-4-2-3-5-16(15)22-12-19-20-21-22/h2-9,12H,10-11H2,1H3,(H,18,23). The second kappa shape index (κ2) is 7.36. The van der Waals surface area contributed by atoms with Crippen molar-refractivity contribution in [1.29, 1.82) is 0 Å². The van der Waals surface area contributed by atoms with Crippen LogP contribution in [0.15, 0.2) is 54.9 Å². The van der Waals surface area contributed by atoms with E-state index in [0.717, 1.165) is 17.7 Å². The van der Waals surface area contributed by atoms with E-state index >= 15 is 0 Å². The minimum absolute atomic E-state index is 0.158. The summed E-state index contributed by atoms with van der Waals surface area (Å²) in [5, 5.41) is 14.0. The fourth-order valence-electron chi connectivity index (χ4n) is 2.34. The van der Waals surface area contributed by atoms with Gasteiger partial charge >= 0.3 is 0 Å². The third-order valence-electron chi connectivity index (χ3n) is 3.60. The molecule has 0 saturated carbocycles. The summed E-state index contributed by atoms with van der Waals surface area (Å²) in [4.78, 5) is 12.4. The van der Waals surface area contributed by atoms with Crippen molar-refractivity contribution in [3.8, 4) is 11.4 Å². The van der Waals surface area contributed by atoms with Crippen LogP contribution in [0.4, 0.5) is 0 Å². The van der Waals surface area contributed by atoms with Crippen molar-refractivity contribution in [1.82, 2.24) is 25.5 Å². The molecule has 0 aliphatic carbocycles. The lowest BCUT2D eigenvalue weighted by Gasteiger charge is -2.09. The molecule has 0 atom stereocenters. The Labute approximate surface area is 139 Å². The summed E-state index contributed by atoms with van der Waals surface area (Å²) in [6, 6.07) is 15.0. The van der Waals surface area contributed by atoms with Crippen molar-refractivity contribution < 1.29 is 9.53 Å².